The van der Waals surface area contributed by atoms with Gasteiger partial charge in [0.25, 0.3) is 5.56 Å². The molecular formula is C21H20N4O3. The van der Waals surface area contributed by atoms with E-state index < -0.39 is 0 Å². The number of hydrogen-bond acceptors (Lipinski definition) is 5. The van der Waals surface area contributed by atoms with Crippen LogP contribution in [0.25, 0.3) is 21.9 Å². The number of rotatable bonds is 5. The fourth-order valence-corrected chi connectivity index (χ4v) is 3.16. The highest BCUT2D eigenvalue weighted by Gasteiger charge is 2.21. The Morgan fingerprint density at radius 2 is 1.93 bits per heavy atom. The monoisotopic (exact) mass is 376 g/mol. The zero-order chi connectivity index (χ0) is 19.7. The lowest BCUT2D eigenvalue weighted by atomic mass is 10.2. The summed E-state index contributed by atoms with van der Waals surface area (Å²) in [4.78, 5) is 26.8. The molecule has 4 rings (SSSR count). The van der Waals surface area contributed by atoms with Crippen LogP contribution in [0.2, 0.25) is 0 Å². The Bertz CT molecular complexity index is 1180. The van der Waals surface area contributed by atoms with Crippen molar-refractivity contribution in [1.82, 2.24) is 19.9 Å². The van der Waals surface area contributed by atoms with Crippen LogP contribution in [0.1, 0.15) is 25.1 Å². The molecule has 0 saturated carbocycles. The Balaban J connectivity index is 1.47. The van der Waals surface area contributed by atoms with E-state index in [1.54, 1.807) is 36.2 Å². The Morgan fingerprint density at radius 1 is 1.18 bits per heavy atom. The van der Waals surface area contributed by atoms with Crippen LogP contribution in [0.3, 0.4) is 0 Å². The fraction of sp³-hybridized carbons (Fsp3) is 0.238. The molecule has 0 bridgehead atoms. The molecule has 0 N–H and O–H groups in total. The molecule has 1 unspecified atom stereocenters. The summed E-state index contributed by atoms with van der Waals surface area (Å²) in [7, 11) is 1.73. The van der Waals surface area contributed by atoms with Gasteiger partial charge in [0, 0.05) is 18.9 Å². The highest BCUT2D eigenvalue weighted by Crippen LogP contribution is 2.26. The largest absolute Gasteiger partial charge is 0.459 e. The molecule has 2 aromatic carbocycles. The molecule has 0 aliphatic rings. The van der Waals surface area contributed by atoms with E-state index >= 15 is 0 Å². The maximum absolute atomic E-state index is 12.6. The van der Waals surface area contributed by atoms with E-state index in [2.05, 4.69) is 10.3 Å². The summed E-state index contributed by atoms with van der Waals surface area (Å²) in [6, 6.07) is 16.5. The van der Waals surface area contributed by atoms with Crippen LogP contribution >= 0.6 is 0 Å². The molecule has 142 valence electrons. The van der Waals surface area contributed by atoms with Crippen molar-refractivity contribution in [2.24, 2.45) is 0 Å². The normalized spacial score (nSPS) is 12.4. The van der Waals surface area contributed by atoms with E-state index in [9.17, 15) is 9.59 Å². The third-order valence-corrected chi connectivity index (χ3v) is 5.00. The molecule has 0 radical (unpaired) electrons. The standard InChI is InChI=1S/C21H20N4O3/c1-14(19-13-15-7-3-6-10-18(15)28-19)24(2)20(26)11-12-25-21(27)16-8-4-5-9-17(16)22-23-25/h3-10,13-14H,11-12H2,1-2H3. The van der Waals surface area contributed by atoms with E-state index in [0.29, 0.717) is 10.9 Å². The van der Waals surface area contributed by atoms with Crippen LogP contribution in [0.4, 0.5) is 0 Å². The van der Waals surface area contributed by atoms with Gasteiger partial charge in [-0.15, -0.1) is 5.10 Å². The second-order valence-electron chi connectivity index (χ2n) is 6.75. The second kappa shape index (κ2) is 7.26. The smallest absolute Gasteiger partial charge is 0.277 e. The number of carbonyl (C=O) groups excluding carboxylic acids is 1. The van der Waals surface area contributed by atoms with Crippen molar-refractivity contribution in [1.29, 1.82) is 0 Å². The van der Waals surface area contributed by atoms with Gasteiger partial charge in [-0.2, -0.15) is 0 Å². The molecule has 0 saturated heterocycles. The highest BCUT2D eigenvalue weighted by molar-refractivity contribution is 5.79. The lowest BCUT2D eigenvalue weighted by molar-refractivity contribution is -0.132. The summed E-state index contributed by atoms with van der Waals surface area (Å²) < 4.78 is 7.10. The first-order chi connectivity index (χ1) is 13.5. The second-order valence-corrected chi connectivity index (χ2v) is 6.75. The fourth-order valence-electron chi connectivity index (χ4n) is 3.16. The number of para-hydroxylation sites is 1. The number of furan rings is 1. The van der Waals surface area contributed by atoms with E-state index in [0.717, 1.165) is 16.7 Å². The average molecular weight is 376 g/mol. The van der Waals surface area contributed by atoms with Crippen LogP contribution in [-0.2, 0) is 11.3 Å². The van der Waals surface area contributed by atoms with Gasteiger partial charge in [0.2, 0.25) is 5.91 Å². The SMILES string of the molecule is CC(c1cc2ccccc2o1)N(C)C(=O)CCn1nnc2ccccc2c1=O. The van der Waals surface area contributed by atoms with Gasteiger partial charge in [-0.3, -0.25) is 9.59 Å². The topological polar surface area (TPSA) is 81.2 Å². The van der Waals surface area contributed by atoms with E-state index in [1.165, 1.54) is 4.68 Å². The first-order valence-electron chi connectivity index (χ1n) is 9.11. The molecule has 28 heavy (non-hydrogen) atoms. The van der Waals surface area contributed by atoms with Crippen molar-refractivity contribution in [3.8, 4) is 0 Å². The van der Waals surface area contributed by atoms with E-state index in [4.69, 9.17) is 4.42 Å². The Hall–Kier alpha value is -3.48. The van der Waals surface area contributed by atoms with Crippen LogP contribution < -0.4 is 5.56 Å². The minimum atomic E-state index is -0.244. The molecule has 0 aliphatic heterocycles. The van der Waals surface area contributed by atoms with Gasteiger partial charge < -0.3 is 9.32 Å². The molecule has 7 nitrogen and oxygen atoms in total. The molecule has 0 fully saturated rings. The van der Waals surface area contributed by atoms with Gasteiger partial charge in [0.15, 0.2) is 0 Å². The lowest BCUT2D eigenvalue weighted by Crippen LogP contribution is -2.32. The van der Waals surface area contributed by atoms with Gasteiger partial charge in [-0.1, -0.05) is 35.5 Å². The third-order valence-electron chi connectivity index (χ3n) is 5.00. The molecule has 2 heterocycles. The predicted molar refractivity (Wildman–Crippen MR) is 106 cm³/mol. The minimum Gasteiger partial charge on any atom is -0.459 e. The molecule has 2 aromatic heterocycles. The first kappa shape index (κ1) is 17.9. The summed E-state index contributed by atoms with van der Waals surface area (Å²) in [6.07, 6.45) is 0.147. The summed E-state index contributed by atoms with van der Waals surface area (Å²) in [5, 5.41) is 9.48. The summed E-state index contributed by atoms with van der Waals surface area (Å²) in [5.41, 5.74) is 1.10. The summed E-state index contributed by atoms with van der Waals surface area (Å²) in [6.45, 7) is 2.09. The number of nitrogens with zero attached hydrogens (tertiary/aromatic N) is 4. The van der Waals surface area contributed by atoms with Gasteiger partial charge in [-0.05, 0) is 31.2 Å². The van der Waals surface area contributed by atoms with Gasteiger partial charge >= 0.3 is 0 Å². The van der Waals surface area contributed by atoms with E-state index in [1.807, 2.05) is 37.3 Å². The first-order valence-corrected chi connectivity index (χ1v) is 9.11. The number of fused-ring (bicyclic) bond motifs is 2. The number of amides is 1. The molecule has 1 atom stereocenters. The van der Waals surface area contributed by atoms with Crippen LogP contribution in [-0.4, -0.2) is 32.8 Å². The quantitative estimate of drug-likeness (QED) is 0.534. The van der Waals surface area contributed by atoms with Crippen LogP contribution in [0, 0.1) is 0 Å². The Kier molecular flexibility index (Phi) is 4.65. The number of aromatic nitrogens is 3. The minimum absolute atomic E-state index is 0.102. The van der Waals surface area contributed by atoms with Gasteiger partial charge in [0.1, 0.15) is 16.9 Å². The van der Waals surface area contributed by atoms with Crippen molar-refractivity contribution in [3.63, 3.8) is 0 Å². The van der Waals surface area contributed by atoms with Gasteiger partial charge in [-0.25, -0.2) is 4.68 Å². The maximum atomic E-state index is 12.6. The predicted octanol–water partition coefficient (Wildman–Crippen LogP) is 3.15. The summed E-state index contributed by atoms with van der Waals surface area (Å²) in [5.74, 6) is 0.620. The highest BCUT2D eigenvalue weighted by atomic mass is 16.3. The summed E-state index contributed by atoms with van der Waals surface area (Å²) >= 11 is 0. The molecular weight excluding hydrogens is 356 g/mol. The third kappa shape index (κ3) is 3.26. The number of hydrogen-bond donors (Lipinski definition) is 0. The van der Waals surface area contributed by atoms with Crippen molar-refractivity contribution in [3.05, 3.63) is 70.7 Å². The molecule has 0 spiro atoms. The van der Waals surface area contributed by atoms with Crippen molar-refractivity contribution < 1.29 is 9.21 Å². The molecule has 4 aromatic rings. The van der Waals surface area contributed by atoms with E-state index in [-0.39, 0.29) is 30.5 Å². The van der Waals surface area contributed by atoms with Crippen LogP contribution in [0.5, 0.6) is 0 Å². The average Bonchev–Trinajstić information content (AvgIpc) is 3.16. The molecule has 0 aliphatic carbocycles. The number of benzene rings is 2. The molecule has 1 amide bonds. The van der Waals surface area contributed by atoms with Gasteiger partial charge in [0.05, 0.1) is 18.0 Å². The van der Waals surface area contributed by atoms with Crippen LogP contribution in [0.15, 0.2) is 63.8 Å². The Labute approximate surface area is 161 Å². The van der Waals surface area contributed by atoms with Crippen molar-refractivity contribution in [2.75, 3.05) is 7.05 Å². The zero-order valence-electron chi connectivity index (χ0n) is 15.7. The van der Waals surface area contributed by atoms with Crippen molar-refractivity contribution >= 4 is 27.8 Å². The number of carbonyl (C=O) groups is 1. The Morgan fingerprint density at radius 3 is 2.75 bits per heavy atom. The lowest BCUT2D eigenvalue weighted by Gasteiger charge is -2.23. The number of aryl methyl sites for hydroxylation is 1. The zero-order valence-corrected chi connectivity index (χ0v) is 15.7. The van der Waals surface area contributed by atoms with Crippen molar-refractivity contribution in [2.45, 2.75) is 25.9 Å². The maximum Gasteiger partial charge on any atom is 0.277 e. The molecule has 7 heteroatoms.